The Morgan fingerprint density at radius 1 is 1.22 bits per heavy atom. The molecule has 2 aliphatic rings. The van der Waals surface area contributed by atoms with Crippen LogP contribution in [0.5, 0.6) is 11.5 Å². The van der Waals surface area contributed by atoms with Crippen LogP contribution in [0.4, 0.5) is 9.18 Å². The van der Waals surface area contributed by atoms with Crippen LogP contribution >= 0.6 is 34.4 Å². The van der Waals surface area contributed by atoms with E-state index in [1.165, 1.54) is 13.2 Å². The Kier molecular flexibility index (Phi) is 8.55. The third-order valence-electron chi connectivity index (χ3n) is 6.18. The van der Waals surface area contributed by atoms with Crippen molar-refractivity contribution in [1.82, 2.24) is 9.80 Å². The third-order valence-corrected chi connectivity index (χ3v) is 7.89. The maximum absolute atomic E-state index is 14.0. The Bertz CT molecular complexity index is 1210. The fraction of sp³-hybridized carbons (Fsp3) is 0.346. The second kappa shape index (κ2) is 11.6. The number of carbonyl (C=O) groups excluding carboxylic acids is 3. The normalized spacial score (nSPS) is 17.7. The first-order valence-corrected chi connectivity index (χ1v) is 13.4. The molecule has 2 aliphatic heterocycles. The van der Waals surface area contributed by atoms with Gasteiger partial charge in [0.25, 0.3) is 11.1 Å². The molecular formula is C26H26FIN2O5S. The molecule has 0 atom stereocenters. The van der Waals surface area contributed by atoms with E-state index < -0.39 is 11.1 Å². The summed E-state index contributed by atoms with van der Waals surface area (Å²) >= 11 is 2.89. The third kappa shape index (κ3) is 6.03. The van der Waals surface area contributed by atoms with Gasteiger partial charge in [0.2, 0.25) is 5.91 Å². The predicted octanol–water partition coefficient (Wildman–Crippen LogP) is 5.31. The second-order valence-corrected chi connectivity index (χ2v) is 10.9. The highest BCUT2D eigenvalue weighted by atomic mass is 127. The molecule has 0 aliphatic carbocycles. The summed E-state index contributed by atoms with van der Waals surface area (Å²) in [6.45, 7) is 3.23. The molecule has 0 unspecified atom stereocenters. The Hall–Kier alpha value is -2.60. The van der Waals surface area contributed by atoms with Gasteiger partial charge in [-0.05, 0) is 83.0 Å². The van der Waals surface area contributed by atoms with Gasteiger partial charge >= 0.3 is 0 Å². The van der Waals surface area contributed by atoms with Gasteiger partial charge in [-0.2, -0.15) is 0 Å². The Morgan fingerprint density at radius 3 is 2.64 bits per heavy atom. The molecule has 36 heavy (non-hydrogen) atoms. The molecule has 2 saturated heterocycles. The zero-order valence-corrected chi connectivity index (χ0v) is 22.9. The van der Waals surface area contributed by atoms with Crippen LogP contribution in [0.25, 0.3) is 6.08 Å². The minimum absolute atomic E-state index is 0.0290. The van der Waals surface area contributed by atoms with Gasteiger partial charge in [0.05, 0.1) is 15.6 Å². The van der Waals surface area contributed by atoms with Gasteiger partial charge in [0.1, 0.15) is 19.0 Å². The maximum Gasteiger partial charge on any atom is 0.294 e. The first-order chi connectivity index (χ1) is 17.3. The first-order valence-electron chi connectivity index (χ1n) is 11.5. The van der Waals surface area contributed by atoms with E-state index in [2.05, 4.69) is 29.5 Å². The van der Waals surface area contributed by atoms with Gasteiger partial charge in [-0.25, -0.2) is 4.39 Å². The molecule has 0 spiro atoms. The quantitative estimate of drug-likeness (QED) is 0.307. The first kappa shape index (κ1) is 26.5. The average molecular weight is 624 g/mol. The molecule has 0 N–H and O–H groups in total. The lowest BCUT2D eigenvalue weighted by atomic mass is 9.99. The van der Waals surface area contributed by atoms with Crippen LogP contribution in [-0.4, -0.2) is 53.6 Å². The van der Waals surface area contributed by atoms with Crippen LogP contribution in [0.1, 0.15) is 30.9 Å². The SMILES string of the molecule is COc1cc(/C=C2/SC(=O)N(CC(=O)N3CCC(C)CC3)C2=O)cc(I)c1OCc1ccccc1F. The zero-order chi connectivity index (χ0) is 25.8. The second-order valence-electron chi connectivity index (χ2n) is 8.75. The Balaban J connectivity index is 1.47. The van der Waals surface area contributed by atoms with Crippen LogP contribution in [0.3, 0.4) is 0 Å². The highest BCUT2D eigenvalue weighted by Crippen LogP contribution is 2.37. The van der Waals surface area contributed by atoms with Crippen molar-refractivity contribution >= 4 is 57.5 Å². The number of rotatable bonds is 7. The number of imide groups is 1. The van der Waals surface area contributed by atoms with E-state index in [1.54, 1.807) is 41.3 Å². The van der Waals surface area contributed by atoms with E-state index in [-0.39, 0.29) is 29.8 Å². The van der Waals surface area contributed by atoms with E-state index in [1.807, 2.05) is 0 Å². The van der Waals surface area contributed by atoms with Crippen LogP contribution in [0, 0.1) is 15.3 Å². The summed E-state index contributed by atoms with van der Waals surface area (Å²) in [4.78, 5) is 41.1. The van der Waals surface area contributed by atoms with E-state index in [9.17, 15) is 18.8 Å². The van der Waals surface area contributed by atoms with Crippen molar-refractivity contribution < 1.29 is 28.2 Å². The number of likely N-dealkylation sites (tertiary alicyclic amines) is 1. The summed E-state index contributed by atoms with van der Waals surface area (Å²) < 4.78 is 26.0. The highest BCUT2D eigenvalue weighted by molar-refractivity contribution is 14.1. The number of hydrogen-bond donors (Lipinski definition) is 0. The van der Waals surface area contributed by atoms with Crippen molar-refractivity contribution in [3.63, 3.8) is 0 Å². The molecule has 0 saturated carbocycles. The summed E-state index contributed by atoms with van der Waals surface area (Å²) in [5.41, 5.74) is 1.05. The van der Waals surface area contributed by atoms with Crippen LogP contribution in [0.15, 0.2) is 41.3 Å². The zero-order valence-electron chi connectivity index (χ0n) is 20.0. The number of carbonyl (C=O) groups is 3. The van der Waals surface area contributed by atoms with Crippen molar-refractivity contribution in [1.29, 1.82) is 0 Å². The summed E-state index contributed by atoms with van der Waals surface area (Å²) in [5.74, 6) is 0.388. The van der Waals surface area contributed by atoms with Crippen molar-refractivity contribution in [2.75, 3.05) is 26.7 Å². The number of ether oxygens (including phenoxy) is 2. The van der Waals surface area contributed by atoms with Crippen molar-refractivity contribution in [2.45, 2.75) is 26.4 Å². The molecule has 7 nitrogen and oxygen atoms in total. The molecule has 0 bridgehead atoms. The van der Waals surface area contributed by atoms with Gasteiger partial charge in [-0.1, -0.05) is 25.1 Å². The Morgan fingerprint density at radius 2 is 1.94 bits per heavy atom. The highest BCUT2D eigenvalue weighted by Gasteiger charge is 2.37. The average Bonchev–Trinajstić information content (AvgIpc) is 3.11. The van der Waals surface area contributed by atoms with Crippen LogP contribution < -0.4 is 9.47 Å². The molecule has 0 radical (unpaired) electrons. The summed E-state index contributed by atoms with van der Waals surface area (Å²) in [7, 11) is 1.49. The monoisotopic (exact) mass is 624 g/mol. The summed E-state index contributed by atoms with van der Waals surface area (Å²) in [5, 5.41) is -0.462. The fourth-order valence-corrected chi connectivity index (χ4v) is 5.63. The maximum atomic E-state index is 14.0. The number of amides is 3. The number of halogens is 2. The minimum atomic E-state index is -0.488. The molecule has 2 aromatic rings. The molecule has 10 heteroatoms. The van der Waals surface area contributed by atoms with Crippen LogP contribution in [-0.2, 0) is 16.2 Å². The number of piperidine rings is 1. The molecule has 2 aromatic carbocycles. The molecular weight excluding hydrogens is 598 g/mol. The molecule has 2 fully saturated rings. The molecule has 0 aromatic heterocycles. The number of hydrogen-bond acceptors (Lipinski definition) is 6. The Labute approximate surface area is 227 Å². The van der Waals surface area contributed by atoms with Crippen molar-refractivity contribution in [2.24, 2.45) is 5.92 Å². The van der Waals surface area contributed by atoms with Gasteiger partial charge in [-0.15, -0.1) is 0 Å². The lowest BCUT2D eigenvalue weighted by Gasteiger charge is -2.31. The topological polar surface area (TPSA) is 76.2 Å². The van der Waals surface area contributed by atoms with Gasteiger partial charge < -0.3 is 14.4 Å². The smallest absolute Gasteiger partial charge is 0.294 e. The molecule has 190 valence electrons. The van der Waals surface area contributed by atoms with E-state index in [0.717, 1.165) is 29.5 Å². The summed E-state index contributed by atoms with van der Waals surface area (Å²) in [6.07, 6.45) is 3.45. The van der Waals surface area contributed by atoms with Crippen LogP contribution in [0.2, 0.25) is 0 Å². The fourth-order valence-electron chi connectivity index (χ4n) is 4.01. The molecule has 2 heterocycles. The largest absolute Gasteiger partial charge is 0.493 e. The van der Waals surface area contributed by atoms with Crippen molar-refractivity contribution in [3.05, 3.63) is 61.8 Å². The van der Waals surface area contributed by atoms with Crippen molar-refractivity contribution in [3.8, 4) is 11.5 Å². The number of thioether (sulfide) groups is 1. The lowest BCUT2D eigenvalue weighted by Crippen LogP contribution is -2.45. The van der Waals surface area contributed by atoms with E-state index >= 15 is 0 Å². The van der Waals surface area contributed by atoms with E-state index in [4.69, 9.17) is 9.47 Å². The predicted molar refractivity (Wildman–Crippen MR) is 144 cm³/mol. The molecule has 4 rings (SSSR count). The van der Waals surface area contributed by atoms with Gasteiger partial charge in [0, 0.05) is 18.7 Å². The number of methoxy groups -OCH3 is 1. The summed E-state index contributed by atoms with van der Waals surface area (Å²) in [6, 6.07) is 9.85. The number of benzene rings is 2. The lowest BCUT2D eigenvalue weighted by molar-refractivity contribution is -0.136. The minimum Gasteiger partial charge on any atom is -0.493 e. The van der Waals surface area contributed by atoms with Gasteiger partial charge in [-0.3, -0.25) is 19.3 Å². The number of nitrogens with zero attached hydrogens (tertiary/aromatic N) is 2. The standard InChI is InChI=1S/C26H26FIN2O5S/c1-16-7-9-29(10-8-16)23(31)14-30-25(32)22(36-26(30)33)13-17-11-20(28)24(21(12-17)34-2)35-15-18-5-3-4-6-19(18)27/h3-6,11-13,16H,7-10,14-15H2,1-2H3/b22-13+. The van der Waals surface area contributed by atoms with Gasteiger partial charge in [0.15, 0.2) is 11.5 Å². The molecule has 3 amide bonds. The van der Waals surface area contributed by atoms with E-state index in [0.29, 0.717) is 45.2 Å².